The molecule has 0 spiro atoms. The van der Waals surface area contributed by atoms with Gasteiger partial charge < -0.3 is 14.9 Å². The molecule has 0 amide bonds. The highest BCUT2D eigenvalue weighted by Gasteiger charge is 2.11. The summed E-state index contributed by atoms with van der Waals surface area (Å²) in [5.41, 5.74) is 7.72. The van der Waals surface area contributed by atoms with Gasteiger partial charge in [0.15, 0.2) is 12.2 Å². The van der Waals surface area contributed by atoms with Crippen LogP contribution in [-0.2, 0) is 6.61 Å². The molecule has 0 fully saturated rings. The van der Waals surface area contributed by atoms with E-state index < -0.39 is 5.82 Å². The third-order valence-electron chi connectivity index (χ3n) is 2.97. The monoisotopic (exact) mass is 272 g/mol. The van der Waals surface area contributed by atoms with Crippen LogP contribution >= 0.6 is 0 Å². The molecule has 0 aliphatic heterocycles. The van der Waals surface area contributed by atoms with Crippen molar-refractivity contribution in [3.63, 3.8) is 0 Å². The first-order valence-electron chi connectivity index (χ1n) is 6.16. The molecule has 0 saturated heterocycles. The van der Waals surface area contributed by atoms with Crippen molar-refractivity contribution in [3.05, 3.63) is 53.7 Å². The molecule has 4 nitrogen and oxygen atoms in total. The Hall–Kier alpha value is -2.56. The third-order valence-corrected chi connectivity index (χ3v) is 2.97. The fraction of sp³-hybridized carbons (Fsp3) is 0.133. The summed E-state index contributed by atoms with van der Waals surface area (Å²) in [6, 6.07) is 10.1. The molecule has 0 bridgehead atoms. The molecule has 102 valence electrons. The number of para-hydroxylation sites is 1. The summed E-state index contributed by atoms with van der Waals surface area (Å²) in [4.78, 5) is 4.17. The maximum atomic E-state index is 13.2. The molecule has 1 heterocycles. The average Bonchev–Trinajstić information content (AvgIpc) is 2.81. The van der Waals surface area contributed by atoms with E-state index in [-0.39, 0.29) is 12.3 Å². The largest absolute Gasteiger partial charge is 0.484 e. The van der Waals surface area contributed by atoms with Crippen LogP contribution in [0.5, 0.6) is 5.75 Å². The Balaban J connectivity index is 1.85. The molecule has 0 unspecified atom stereocenters. The standard InChI is InChI=1S/C15H13FN2O2/c1-9-4-2-3-5-13(9)19-8-14-18-12-7-10(16)6-11(17)15(12)20-14/h2-7H,8,17H2,1H3. The number of hydrogen-bond acceptors (Lipinski definition) is 4. The fourth-order valence-electron chi connectivity index (χ4n) is 1.99. The second-order valence-electron chi connectivity index (χ2n) is 4.51. The number of anilines is 1. The molecule has 2 N–H and O–H groups in total. The van der Waals surface area contributed by atoms with Crippen LogP contribution in [0.1, 0.15) is 11.5 Å². The molecule has 0 aliphatic rings. The van der Waals surface area contributed by atoms with Gasteiger partial charge in [-0.1, -0.05) is 18.2 Å². The van der Waals surface area contributed by atoms with Crippen LogP contribution in [0.4, 0.5) is 10.1 Å². The fourth-order valence-corrected chi connectivity index (χ4v) is 1.99. The summed E-state index contributed by atoms with van der Waals surface area (Å²) in [5, 5.41) is 0. The Bertz CT molecular complexity index is 768. The molecule has 3 aromatic rings. The third kappa shape index (κ3) is 2.30. The molecule has 0 aliphatic carbocycles. The van der Waals surface area contributed by atoms with Gasteiger partial charge >= 0.3 is 0 Å². The van der Waals surface area contributed by atoms with Crippen LogP contribution in [0, 0.1) is 12.7 Å². The first kappa shape index (κ1) is 12.5. The van der Waals surface area contributed by atoms with Crippen LogP contribution < -0.4 is 10.5 Å². The molecule has 2 aromatic carbocycles. The van der Waals surface area contributed by atoms with E-state index in [1.807, 2.05) is 31.2 Å². The Labute approximate surface area is 115 Å². The number of halogens is 1. The zero-order valence-corrected chi connectivity index (χ0v) is 10.9. The van der Waals surface area contributed by atoms with Crippen molar-refractivity contribution in [2.75, 3.05) is 5.73 Å². The van der Waals surface area contributed by atoms with Gasteiger partial charge in [0.25, 0.3) is 0 Å². The average molecular weight is 272 g/mol. The van der Waals surface area contributed by atoms with Crippen molar-refractivity contribution in [1.82, 2.24) is 4.98 Å². The van der Waals surface area contributed by atoms with Crippen molar-refractivity contribution in [3.8, 4) is 5.75 Å². The number of nitrogens with zero attached hydrogens (tertiary/aromatic N) is 1. The number of nitrogens with two attached hydrogens (primary N) is 1. The molecule has 0 atom stereocenters. The number of rotatable bonds is 3. The maximum absolute atomic E-state index is 13.2. The van der Waals surface area contributed by atoms with Gasteiger partial charge in [-0.05, 0) is 18.6 Å². The Morgan fingerprint density at radius 1 is 1.30 bits per heavy atom. The summed E-state index contributed by atoms with van der Waals surface area (Å²) < 4.78 is 24.3. The SMILES string of the molecule is Cc1ccccc1OCc1nc2cc(F)cc(N)c2o1. The van der Waals surface area contributed by atoms with Gasteiger partial charge in [0, 0.05) is 12.1 Å². The predicted molar refractivity (Wildman–Crippen MR) is 73.9 cm³/mol. The number of hydrogen-bond donors (Lipinski definition) is 1. The first-order chi connectivity index (χ1) is 9.63. The minimum absolute atomic E-state index is 0.167. The van der Waals surface area contributed by atoms with E-state index in [1.165, 1.54) is 12.1 Å². The molecular weight excluding hydrogens is 259 g/mol. The Morgan fingerprint density at radius 3 is 2.90 bits per heavy atom. The van der Waals surface area contributed by atoms with E-state index in [0.29, 0.717) is 17.0 Å². The van der Waals surface area contributed by atoms with Gasteiger partial charge in [-0.2, -0.15) is 0 Å². The van der Waals surface area contributed by atoms with Gasteiger partial charge in [-0.25, -0.2) is 9.37 Å². The smallest absolute Gasteiger partial charge is 0.233 e. The first-order valence-corrected chi connectivity index (χ1v) is 6.16. The topological polar surface area (TPSA) is 61.3 Å². The van der Waals surface area contributed by atoms with Crippen LogP contribution in [-0.4, -0.2) is 4.98 Å². The molecule has 1 aromatic heterocycles. The molecule has 0 saturated carbocycles. The zero-order chi connectivity index (χ0) is 14.1. The van der Waals surface area contributed by atoms with E-state index >= 15 is 0 Å². The van der Waals surface area contributed by atoms with Gasteiger partial charge in [-0.15, -0.1) is 0 Å². The van der Waals surface area contributed by atoms with E-state index in [9.17, 15) is 4.39 Å². The van der Waals surface area contributed by atoms with Crippen LogP contribution in [0.15, 0.2) is 40.8 Å². The number of benzene rings is 2. The minimum atomic E-state index is -0.435. The number of nitrogen functional groups attached to an aromatic ring is 1. The van der Waals surface area contributed by atoms with Gasteiger partial charge in [0.05, 0.1) is 5.69 Å². The lowest BCUT2D eigenvalue weighted by Gasteiger charge is -2.05. The maximum Gasteiger partial charge on any atom is 0.233 e. The lowest BCUT2D eigenvalue weighted by molar-refractivity contribution is 0.265. The Morgan fingerprint density at radius 2 is 2.10 bits per heavy atom. The van der Waals surface area contributed by atoms with E-state index in [1.54, 1.807) is 0 Å². The van der Waals surface area contributed by atoms with Gasteiger partial charge in [0.2, 0.25) is 5.89 Å². The van der Waals surface area contributed by atoms with Crippen LogP contribution in [0.3, 0.4) is 0 Å². The second-order valence-corrected chi connectivity index (χ2v) is 4.51. The minimum Gasteiger partial charge on any atom is -0.484 e. The molecule has 5 heteroatoms. The zero-order valence-electron chi connectivity index (χ0n) is 10.9. The summed E-state index contributed by atoms with van der Waals surface area (Å²) in [6.07, 6.45) is 0. The second kappa shape index (κ2) is 4.85. The lowest BCUT2D eigenvalue weighted by atomic mass is 10.2. The van der Waals surface area contributed by atoms with E-state index in [0.717, 1.165) is 11.3 Å². The number of ether oxygens (including phenoxy) is 1. The quantitative estimate of drug-likeness (QED) is 0.742. The summed E-state index contributed by atoms with van der Waals surface area (Å²) in [5.74, 6) is 0.684. The number of fused-ring (bicyclic) bond motifs is 1. The highest BCUT2D eigenvalue weighted by Crippen LogP contribution is 2.24. The normalized spacial score (nSPS) is 10.9. The molecule has 3 rings (SSSR count). The summed E-state index contributed by atoms with van der Waals surface area (Å²) in [6.45, 7) is 2.12. The summed E-state index contributed by atoms with van der Waals surface area (Å²) in [7, 11) is 0. The number of aryl methyl sites for hydroxylation is 1. The van der Waals surface area contributed by atoms with E-state index in [2.05, 4.69) is 4.98 Å². The Kier molecular flexibility index (Phi) is 3.02. The highest BCUT2D eigenvalue weighted by atomic mass is 19.1. The predicted octanol–water partition coefficient (Wildman–Crippen LogP) is 3.44. The lowest BCUT2D eigenvalue weighted by Crippen LogP contribution is -1.96. The summed E-state index contributed by atoms with van der Waals surface area (Å²) >= 11 is 0. The van der Waals surface area contributed by atoms with Crippen LogP contribution in [0.25, 0.3) is 11.1 Å². The van der Waals surface area contributed by atoms with Crippen LogP contribution in [0.2, 0.25) is 0 Å². The van der Waals surface area contributed by atoms with Gasteiger partial charge in [-0.3, -0.25) is 0 Å². The number of aromatic nitrogens is 1. The van der Waals surface area contributed by atoms with Crippen molar-refractivity contribution in [1.29, 1.82) is 0 Å². The van der Waals surface area contributed by atoms with Crippen molar-refractivity contribution >= 4 is 16.8 Å². The molecule has 20 heavy (non-hydrogen) atoms. The van der Waals surface area contributed by atoms with Crippen molar-refractivity contribution in [2.24, 2.45) is 0 Å². The van der Waals surface area contributed by atoms with Crippen molar-refractivity contribution in [2.45, 2.75) is 13.5 Å². The number of oxazole rings is 1. The molecular formula is C15H13FN2O2. The van der Waals surface area contributed by atoms with E-state index in [4.69, 9.17) is 14.9 Å². The van der Waals surface area contributed by atoms with Gasteiger partial charge in [0.1, 0.15) is 17.1 Å². The van der Waals surface area contributed by atoms with Crippen molar-refractivity contribution < 1.29 is 13.5 Å². The highest BCUT2D eigenvalue weighted by molar-refractivity contribution is 5.84. The molecule has 0 radical (unpaired) electrons.